The summed E-state index contributed by atoms with van der Waals surface area (Å²) >= 11 is 0. The molecule has 0 atom stereocenters. The van der Waals surface area contributed by atoms with E-state index in [1.807, 2.05) is 25.1 Å². The van der Waals surface area contributed by atoms with E-state index in [0.29, 0.717) is 46.7 Å². The first kappa shape index (κ1) is 23.1. The Morgan fingerprint density at radius 2 is 1.86 bits per heavy atom. The molecule has 0 radical (unpaired) electrons. The van der Waals surface area contributed by atoms with Crippen LogP contribution in [0.5, 0.6) is 23.0 Å². The van der Waals surface area contributed by atoms with Crippen molar-refractivity contribution < 1.29 is 23.3 Å². The number of hydrogen-bond acceptors (Lipinski definition) is 6. The molecule has 0 spiro atoms. The van der Waals surface area contributed by atoms with Crippen molar-refractivity contribution in [2.24, 2.45) is 5.92 Å². The molecule has 4 aromatic rings. The summed E-state index contributed by atoms with van der Waals surface area (Å²) in [5, 5.41) is 1.23. The number of rotatable bonds is 7. The first-order valence-corrected chi connectivity index (χ1v) is 12.5. The van der Waals surface area contributed by atoms with Gasteiger partial charge in [0.25, 0.3) is 0 Å². The topological polar surface area (TPSA) is 68.8 Å². The van der Waals surface area contributed by atoms with Gasteiger partial charge in [-0.05, 0) is 56.0 Å². The Hall–Kier alpha value is -3.36. The number of fused-ring (bicyclic) bond motifs is 2. The summed E-state index contributed by atoms with van der Waals surface area (Å²) in [6.45, 7) is 6.25. The zero-order valence-corrected chi connectivity index (χ0v) is 20.6. The Balaban J connectivity index is 1.19. The number of H-pyrrole nitrogens is 1. The van der Waals surface area contributed by atoms with E-state index in [9.17, 15) is 0 Å². The molecule has 0 bridgehead atoms. The van der Waals surface area contributed by atoms with Crippen LogP contribution >= 0.6 is 0 Å². The van der Waals surface area contributed by atoms with Crippen molar-refractivity contribution in [2.45, 2.75) is 25.8 Å². The van der Waals surface area contributed by atoms with Crippen molar-refractivity contribution in [2.75, 3.05) is 40.0 Å². The fourth-order valence-corrected chi connectivity index (χ4v) is 5.26. The Morgan fingerprint density at radius 3 is 2.67 bits per heavy atom. The van der Waals surface area contributed by atoms with Crippen LogP contribution < -0.4 is 14.2 Å². The number of benzene rings is 2. The Morgan fingerprint density at radius 1 is 1.03 bits per heavy atom. The Labute approximate surface area is 209 Å². The van der Waals surface area contributed by atoms with Crippen LogP contribution in [0.15, 0.2) is 42.6 Å². The molecule has 1 saturated heterocycles. The molecule has 0 unspecified atom stereocenters. The van der Waals surface area contributed by atoms with Crippen molar-refractivity contribution >= 4 is 21.8 Å². The minimum absolute atomic E-state index is 0.160. The molecule has 1 aliphatic heterocycles. The molecule has 1 saturated carbocycles. The molecule has 3 heterocycles. The molecule has 1 aliphatic carbocycles. The van der Waals surface area contributed by atoms with Crippen LogP contribution in [-0.4, -0.2) is 60.9 Å². The van der Waals surface area contributed by atoms with Crippen LogP contribution in [0.25, 0.3) is 21.8 Å². The van der Waals surface area contributed by atoms with E-state index in [1.54, 1.807) is 31.5 Å². The lowest BCUT2D eigenvalue weighted by Crippen LogP contribution is -2.50. The van der Waals surface area contributed by atoms with Gasteiger partial charge in [-0.25, -0.2) is 4.39 Å². The quantitative estimate of drug-likeness (QED) is 0.371. The highest BCUT2D eigenvalue weighted by molar-refractivity contribution is 5.89. The van der Waals surface area contributed by atoms with Gasteiger partial charge in [0.2, 0.25) is 0 Å². The van der Waals surface area contributed by atoms with Gasteiger partial charge in [-0.3, -0.25) is 9.88 Å². The second-order valence-corrected chi connectivity index (χ2v) is 9.67. The lowest BCUT2D eigenvalue weighted by molar-refractivity contribution is -0.0239. The number of nitrogens with one attached hydrogen (secondary N) is 1. The number of nitrogens with zero attached hydrogens (tertiary/aromatic N) is 2. The predicted molar refractivity (Wildman–Crippen MR) is 136 cm³/mol. The maximum atomic E-state index is 15.1. The van der Waals surface area contributed by atoms with E-state index in [4.69, 9.17) is 18.9 Å². The molecule has 1 N–H and O–H groups in total. The molecular weight excluding hydrogens is 461 g/mol. The molecule has 8 heteroatoms. The zero-order valence-electron chi connectivity index (χ0n) is 20.6. The molecule has 36 heavy (non-hydrogen) atoms. The second kappa shape index (κ2) is 9.59. The van der Waals surface area contributed by atoms with E-state index in [-0.39, 0.29) is 5.75 Å². The van der Waals surface area contributed by atoms with Crippen molar-refractivity contribution in [3.63, 3.8) is 0 Å². The third kappa shape index (κ3) is 4.35. The average Bonchev–Trinajstić information content (AvgIpc) is 3.26. The zero-order chi connectivity index (χ0) is 24.6. The van der Waals surface area contributed by atoms with E-state index in [1.165, 1.54) is 0 Å². The number of pyridine rings is 1. The standard InChI is InChI=1S/C28H30FN3O4/c1-17-11-21-22(31-17)3-4-25(28(21)29)36-24-5-6-30-23-15-27(26(33-2)14-20(23)24)35-16-18-12-19(13-18)32-7-9-34-10-8-32/h3-6,11,14-15,18-19,31H,7-10,12-13,16H2,1-2H3. The smallest absolute Gasteiger partial charge is 0.175 e. The summed E-state index contributed by atoms with van der Waals surface area (Å²) in [7, 11) is 1.62. The highest BCUT2D eigenvalue weighted by Crippen LogP contribution is 2.40. The molecular formula is C28H30FN3O4. The number of aryl methyl sites for hydroxylation is 1. The molecule has 7 nitrogen and oxygen atoms in total. The van der Waals surface area contributed by atoms with E-state index in [2.05, 4.69) is 14.9 Å². The van der Waals surface area contributed by atoms with Gasteiger partial charge in [0.05, 0.1) is 32.4 Å². The maximum absolute atomic E-state index is 15.1. The van der Waals surface area contributed by atoms with Gasteiger partial charge >= 0.3 is 0 Å². The molecule has 2 aliphatic rings. The number of halogens is 1. The van der Waals surface area contributed by atoms with Gasteiger partial charge in [0, 0.05) is 53.4 Å². The third-order valence-electron chi connectivity index (χ3n) is 7.29. The summed E-state index contributed by atoms with van der Waals surface area (Å²) < 4.78 is 38.4. The van der Waals surface area contributed by atoms with Gasteiger partial charge in [-0.1, -0.05) is 0 Å². The van der Waals surface area contributed by atoms with Crippen molar-refractivity contribution in [3.05, 3.63) is 54.1 Å². The van der Waals surface area contributed by atoms with Gasteiger partial charge in [-0.15, -0.1) is 0 Å². The van der Waals surface area contributed by atoms with Gasteiger partial charge in [-0.2, -0.15) is 0 Å². The Kier molecular flexibility index (Phi) is 6.15. The lowest BCUT2D eigenvalue weighted by Gasteiger charge is -2.44. The molecule has 6 rings (SSSR count). The summed E-state index contributed by atoms with van der Waals surface area (Å²) in [5.41, 5.74) is 2.33. The van der Waals surface area contributed by atoms with Crippen LogP contribution in [0.1, 0.15) is 18.5 Å². The number of methoxy groups -OCH3 is 1. The molecule has 2 aromatic carbocycles. The summed E-state index contributed by atoms with van der Waals surface area (Å²) in [5.74, 6) is 2.04. The lowest BCUT2D eigenvalue weighted by atomic mass is 9.79. The number of hydrogen-bond donors (Lipinski definition) is 1. The Bertz CT molecular complexity index is 1390. The minimum atomic E-state index is -0.399. The average molecular weight is 492 g/mol. The third-order valence-corrected chi connectivity index (χ3v) is 7.29. The fourth-order valence-electron chi connectivity index (χ4n) is 5.26. The summed E-state index contributed by atoms with van der Waals surface area (Å²) in [4.78, 5) is 10.2. The normalized spacial score (nSPS) is 20.4. The number of aromatic amines is 1. The van der Waals surface area contributed by atoms with E-state index in [0.717, 1.165) is 55.7 Å². The van der Waals surface area contributed by atoms with E-state index < -0.39 is 5.82 Å². The van der Waals surface area contributed by atoms with Crippen LogP contribution in [0, 0.1) is 18.7 Å². The van der Waals surface area contributed by atoms with Crippen molar-refractivity contribution in [1.29, 1.82) is 0 Å². The van der Waals surface area contributed by atoms with Crippen LogP contribution in [0.3, 0.4) is 0 Å². The van der Waals surface area contributed by atoms with Crippen molar-refractivity contribution in [1.82, 2.24) is 14.9 Å². The minimum Gasteiger partial charge on any atom is -0.493 e. The van der Waals surface area contributed by atoms with Gasteiger partial charge < -0.3 is 23.9 Å². The highest BCUT2D eigenvalue weighted by Gasteiger charge is 2.34. The number of morpholine rings is 1. The first-order valence-electron chi connectivity index (χ1n) is 12.5. The van der Waals surface area contributed by atoms with Crippen molar-refractivity contribution in [3.8, 4) is 23.0 Å². The monoisotopic (exact) mass is 491 g/mol. The van der Waals surface area contributed by atoms with Gasteiger partial charge in [0.1, 0.15) is 5.75 Å². The van der Waals surface area contributed by atoms with Crippen LogP contribution in [0.2, 0.25) is 0 Å². The van der Waals surface area contributed by atoms with Gasteiger partial charge in [0.15, 0.2) is 23.1 Å². The summed E-state index contributed by atoms with van der Waals surface area (Å²) in [6, 6.07) is 11.3. The number of aromatic nitrogens is 2. The highest BCUT2D eigenvalue weighted by atomic mass is 19.1. The fraction of sp³-hybridized carbons (Fsp3) is 0.393. The second-order valence-electron chi connectivity index (χ2n) is 9.67. The van der Waals surface area contributed by atoms with Crippen LogP contribution in [-0.2, 0) is 4.74 Å². The predicted octanol–water partition coefficient (Wildman–Crippen LogP) is 5.45. The molecule has 2 aromatic heterocycles. The first-order chi connectivity index (χ1) is 17.6. The SMILES string of the molecule is COc1cc2c(Oc3ccc4[nH]c(C)cc4c3F)ccnc2cc1OCC1CC(N2CCOCC2)C1. The molecule has 2 fully saturated rings. The largest absolute Gasteiger partial charge is 0.493 e. The summed E-state index contributed by atoms with van der Waals surface area (Å²) in [6.07, 6.45) is 3.94. The number of ether oxygens (including phenoxy) is 4. The molecule has 0 amide bonds. The maximum Gasteiger partial charge on any atom is 0.175 e. The van der Waals surface area contributed by atoms with Crippen LogP contribution in [0.4, 0.5) is 4.39 Å². The molecule has 188 valence electrons. The van der Waals surface area contributed by atoms with E-state index >= 15 is 4.39 Å².